The number of benzene rings is 1. The number of amides is 1. The molecule has 0 saturated heterocycles. The fourth-order valence-electron chi connectivity index (χ4n) is 1.96. The molecule has 98 valence electrons. The van der Waals surface area contributed by atoms with Crippen molar-refractivity contribution in [3.8, 4) is 0 Å². The van der Waals surface area contributed by atoms with Crippen molar-refractivity contribution < 1.29 is 4.79 Å². The minimum atomic E-state index is -0.238. The van der Waals surface area contributed by atoms with Gasteiger partial charge in [-0.15, -0.1) is 0 Å². The third-order valence-corrected chi connectivity index (χ3v) is 3.09. The molecule has 0 aliphatic rings. The molecule has 0 radical (unpaired) electrons. The lowest BCUT2D eigenvalue weighted by Gasteiger charge is -2.07. The summed E-state index contributed by atoms with van der Waals surface area (Å²) in [5.74, 6) is 0.182. The van der Waals surface area contributed by atoms with Crippen LogP contribution in [0, 0.1) is 0 Å². The summed E-state index contributed by atoms with van der Waals surface area (Å²) in [4.78, 5) is 20.6. The van der Waals surface area contributed by atoms with Gasteiger partial charge in [0, 0.05) is 28.4 Å². The number of aromatic nitrogens is 2. The molecule has 0 unspecified atom stereocenters. The van der Waals surface area contributed by atoms with Gasteiger partial charge in [-0.2, -0.15) is 0 Å². The Labute approximate surface area is 120 Å². The molecule has 1 N–H and O–H groups in total. The monoisotopic (exact) mass is 283 g/mol. The molecule has 3 aromatic rings. The normalized spacial score (nSPS) is 10.4. The molecule has 0 fully saturated rings. The predicted octanol–water partition coefficient (Wildman–Crippen LogP) is 3.54. The lowest BCUT2D eigenvalue weighted by Crippen LogP contribution is -2.13. The zero-order chi connectivity index (χ0) is 13.9. The summed E-state index contributed by atoms with van der Waals surface area (Å²) < 4.78 is 0. The number of carbonyl (C=O) groups is 1. The molecule has 0 spiro atoms. The second-order valence-corrected chi connectivity index (χ2v) is 4.63. The summed E-state index contributed by atoms with van der Waals surface area (Å²) >= 11 is 5.87. The highest BCUT2D eigenvalue weighted by atomic mass is 35.5. The van der Waals surface area contributed by atoms with E-state index in [-0.39, 0.29) is 5.91 Å². The Hall–Kier alpha value is -2.46. The second kappa shape index (κ2) is 5.27. The fourth-order valence-corrected chi connectivity index (χ4v) is 2.12. The van der Waals surface area contributed by atoms with E-state index < -0.39 is 0 Å². The fraction of sp³-hybridized carbons (Fsp3) is 0. The van der Waals surface area contributed by atoms with Gasteiger partial charge in [0.1, 0.15) is 5.82 Å². The number of nitrogens with one attached hydrogen (secondary N) is 1. The number of rotatable bonds is 2. The van der Waals surface area contributed by atoms with Crippen LogP contribution in [0.1, 0.15) is 10.4 Å². The largest absolute Gasteiger partial charge is 0.307 e. The van der Waals surface area contributed by atoms with Crippen molar-refractivity contribution in [2.45, 2.75) is 0 Å². The van der Waals surface area contributed by atoms with Gasteiger partial charge in [0.25, 0.3) is 5.91 Å². The van der Waals surface area contributed by atoms with Crippen molar-refractivity contribution in [2.75, 3.05) is 5.32 Å². The Kier molecular flexibility index (Phi) is 3.31. The number of pyridine rings is 2. The van der Waals surface area contributed by atoms with Crippen molar-refractivity contribution in [1.82, 2.24) is 9.97 Å². The summed E-state index contributed by atoms with van der Waals surface area (Å²) in [5, 5.41) is 4.05. The van der Waals surface area contributed by atoms with Gasteiger partial charge in [-0.1, -0.05) is 23.7 Å². The minimum Gasteiger partial charge on any atom is -0.307 e. The maximum atomic E-state index is 12.3. The summed E-state index contributed by atoms with van der Waals surface area (Å²) in [6.45, 7) is 0. The van der Waals surface area contributed by atoms with E-state index in [1.165, 1.54) is 0 Å². The van der Waals surface area contributed by atoms with Crippen LogP contribution in [0.4, 0.5) is 5.82 Å². The number of anilines is 1. The molecule has 2 aromatic heterocycles. The first-order chi connectivity index (χ1) is 9.74. The van der Waals surface area contributed by atoms with Crippen LogP contribution in [0.15, 0.2) is 54.9 Å². The van der Waals surface area contributed by atoms with Gasteiger partial charge < -0.3 is 5.32 Å². The first-order valence-electron chi connectivity index (χ1n) is 6.01. The van der Waals surface area contributed by atoms with Gasteiger partial charge in [-0.25, -0.2) is 4.98 Å². The number of fused-ring (bicyclic) bond motifs is 1. The smallest absolute Gasteiger partial charge is 0.257 e. The Morgan fingerprint density at radius 3 is 2.80 bits per heavy atom. The molecule has 0 aliphatic heterocycles. The van der Waals surface area contributed by atoms with Gasteiger partial charge in [-0.3, -0.25) is 9.78 Å². The predicted molar refractivity (Wildman–Crippen MR) is 78.9 cm³/mol. The number of carbonyl (C=O) groups excluding carboxylic acids is 1. The van der Waals surface area contributed by atoms with Crippen LogP contribution in [-0.4, -0.2) is 15.9 Å². The molecule has 0 bridgehead atoms. The van der Waals surface area contributed by atoms with Crippen LogP contribution in [0.3, 0.4) is 0 Å². The molecule has 4 nitrogen and oxygen atoms in total. The highest BCUT2D eigenvalue weighted by Gasteiger charge is 2.11. The van der Waals surface area contributed by atoms with Gasteiger partial charge in [0.15, 0.2) is 0 Å². The van der Waals surface area contributed by atoms with Crippen molar-refractivity contribution in [1.29, 1.82) is 0 Å². The van der Waals surface area contributed by atoms with E-state index in [0.29, 0.717) is 16.4 Å². The van der Waals surface area contributed by atoms with Gasteiger partial charge in [0.2, 0.25) is 0 Å². The first kappa shape index (κ1) is 12.6. The molecule has 0 atom stereocenters. The first-order valence-corrected chi connectivity index (χ1v) is 6.38. The third kappa shape index (κ3) is 2.46. The highest BCUT2D eigenvalue weighted by Crippen LogP contribution is 2.18. The summed E-state index contributed by atoms with van der Waals surface area (Å²) in [6.07, 6.45) is 3.24. The zero-order valence-corrected chi connectivity index (χ0v) is 11.1. The summed E-state index contributed by atoms with van der Waals surface area (Å²) in [5.41, 5.74) is 1.33. The Morgan fingerprint density at radius 1 is 1.05 bits per heavy atom. The SMILES string of the molecule is O=C(Nc1cc(Cl)ccn1)c1cccc2ncccc12. The lowest BCUT2D eigenvalue weighted by molar-refractivity contribution is 0.102. The average Bonchev–Trinajstić information content (AvgIpc) is 2.46. The molecule has 5 heteroatoms. The van der Waals surface area contributed by atoms with E-state index in [9.17, 15) is 4.79 Å². The molecule has 20 heavy (non-hydrogen) atoms. The topological polar surface area (TPSA) is 54.9 Å². The molecule has 0 saturated carbocycles. The standard InChI is InChI=1S/C15H10ClN3O/c16-10-6-8-18-14(9-10)19-15(20)12-3-1-5-13-11(12)4-2-7-17-13/h1-9H,(H,18,19,20). The molecular formula is C15H10ClN3O. The van der Waals surface area contributed by atoms with E-state index in [1.807, 2.05) is 12.1 Å². The van der Waals surface area contributed by atoms with Crippen LogP contribution < -0.4 is 5.32 Å². The minimum absolute atomic E-state index is 0.238. The van der Waals surface area contributed by atoms with Crippen LogP contribution >= 0.6 is 11.6 Å². The maximum Gasteiger partial charge on any atom is 0.257 e. The zero-order valence-electron chi connectivity index (χ0n) is 10.4. The number of nitrogens with zero attached hydrogens (tertiary/aromatic N) is 2. The second-order valence-electron chi connectivity index (χ2n) is 4.19. The van der Waals surface area contributed by atoms with Gasteiger partial charge >= 0.3 is 0 Å². The Balaban J connectivity index is 1.97. The molecule has 0 aliphatic carbocycles. The number of hydrogen-bond acceptors (Lipinski definition) is 3. The average molecular weight is 284 g/mol. The quantitative estimate of drug-likeness (QED) is 0.783. The van der Waals surface area contributed by atoms with E-state index in [2.05, 4.69) is 15.3 Å². The van der Waals surface area contributed by atoms with E-state index in [1.54, 1.807) is 42.7 Å². The lowest BCUT2D eigenvalue weighted by atomic mass is 10.1. The molecular weight excluding hydrogens is 274 g/mol. The number of halogens is 1. The van der Waals surface area contributed by atoms with Crippen LogP contribution in [0.2, 0.25) is 5.02 Å². The van der Waals surface area contributed by atoms with Crippen molar-refractivity contribution in [3.63, 3.8) is 0 Å². The molecule has 1 amide bonds. The third-order valence-electron chi connectivity index (χ3n) is 2.85. The van der Waals surface area contributed by atoms with E-state index >= 15 is 0 Å². The maximum absolute atomic E-state index is 12.3. The van der Waals surface area contributed by atoms with Crippen LogP contribution in [0.5, 0.6) is 0 Å². The van der Waals surface area contributed by atoms with Crippen LogP contribution in [0.25, 0.3) is 10.9 Å². The van der Waals surface area contributed by atoms with Crippen molar-refractivity contribution >= 4 is 34.2 Å². The molecule has 2 heterocycles. The van der Waals surface area contributed by atoms with Gasteiger partial charge in [-0.05, 0) is 30.3 Å². The van der Waals surface area contributed by atoms with E-state index in [4.69, 9.17) is 11.6 Å². The summed E-state index contributed by atoms with van der Waals surface area (Å²) in [6, 6.07) is 12.3. The van der Waals surface area contributed by atoms with Crippen LogP contribution in [-0.2, 0) is 0 Å². The Morgan fingerprint density at radius 2 is 1.95 bits per heavy atom. The Bertz CT molecular complexity index is 783. The van der Waals surface area contributed by atoms with Crippen molar-refractivity contribution in [3.05, 3.63) is 65.4 Å². The molecule has 1 aromatic carbocycles. The van der Waals surface area contributed by atoms with E-state index in [0.717, 1.165) is 10.9 Å². The highest BCUT2D eigenvalue weighted by molar-refractivity contribution is 6.30. The number of hydrogen-bond donors (Lipinski definition) is 1. The van der Waals surface area contributed by atoms with Gasteiger partial charge in [0.05, 0.1) is 5.52 Å². The molecule has 3 rings (SSSR count). The van der Waals surface area contributed by atoms with Crippen molar-refractivity contribution in [2.24, 2.45) is 0 Å². The summed E-state index contributed by atoms with van der Waals surface area (Å²) in [7, 11) is 0.